The summed E-state index contributed by atoms with van der Waals surface area (Å²) in [6.07, 6.45) is 0. The molecule has 2 rings (SSSR count). The quantitative estimate of drug-likeness (QED) is 0.713. The highest BCUT2D eigenvalue weighted by Gasteiger charge is 2.17. The first kappa shape index (κ1) is 13.3. The molecule has 0 unspecified atom stereocenters. The maximum atomic E-state index is 5.83. The molecule has 2 aromatic carbocycles. The minimum Gasteiger partial charge on any atom is -0.397 e. The highest BCUT2D eigenvalue weighted by atomic mass is 14.9. The van der Waals surface area contributed by atoms with Crippen molar-refractivity contribution in [1.29, 1.82) is 0 Å². The lowest BCUT2D eigenvalue weighted by Gasteiger charge is -2.23. The molecule has 100 valence electrons. The van der Waals surface area contributed by atoms with Crippen LogP contribution in [-0.2, 0) is 5.41 Å². The van der Waals surface area contributed by atoms with E-state index in [1.807, 2.05) is 24.3 Å². The van der Waals surface area contributed by atoms with Crippen molar-refractivity contribution in [3.05, 3.63) is 48.0 Å². The van der Waals surface area contributed by atoms with Gasteiger partial charge in [-0.3, -0.25) is 0 Å². The maximum absolute atomic E-state index is 5.83. The van der Waals surface area contributed by atoms with E-state index >= 15 is 0 Å². The Bertz CT molecular complexity index is 583. The molecule has 0 bridgehead atoms. The van der Waals surface area contributed by atoms with Gasteiger partial charge in [0.2, 0.25) is 0 Å². The Morgan fingerprint density at radius 2 is 1.58 bits per heavy atom. The maximum Gasteiger partial charge on any atom is 0.0568 e. The average molecular weight is 255 g/mol. The van der Waals surface area contributed by atoms with E-state index in [1.54, 1.807) is 0 Å². The number of nitrogens with one attached hydrogen (secondary N) is 1. The molecule has 0 amide bonds. The summed E-state index contributed by atoms with van der Waals surface area (Å²) >= 11 is 0. The number of nitrogens with two attached hydrogens (primary N) is 2. The van der Waals surface area contributed by atoms with Crippen LogP contribution in [0.3, 0.4) is 0 Å². The molecule has 0 aliphatic rings. The van der Waals surface area contributed by atoms with Crippen molar-refractivity contribution in [3.63, 3.8) is 0 Å². The molecular weight excluding hydrogens is 234 g/mol. The first-order valence-corrected chi connectivity index (χ1v) is 6.39. The number of hydrogen-bond acceptors (Lipinski definition) is 3. The predicted octanol–water partition coefficient (Wildman–Crippen LogP) is 3.89. The largest absolute Gasteiger partial charge is 0.397 e. The molecule has 5 N–H and O–H groups in total. The zero-order valence-electron chi connectivity index (χ0n) is 11.7. The van der Waals surface area contributed by atoms with Crippen LogP contribution in [0.5, 0.6) is 0 Å². The van der Waals surface area contributed by atoms with Gasteiger partial charge in [-0.05, 0) is 35.2 Å². The minimum atomic E-state index is 0.0863. The molecule has 19 heavy (non-hydrogen) atoms. The van der Waals surface area contributed by atoms with Crippen molar-refractivity contribution < 1.29 is 0 Å². The van der Waals surface area contributed by atoms with Gasteiger partial charge in [-0.2, -0.15) is 0 Å². The monoisotopic (exact) mass is 255 g/mol. The van der Waals surface area contributed by atoms with Crippen LogP contribution in [0.25, 0.3) is 0 Å². The van der Waals surface area contributed by atoms with Crippen molar-refractivity contribution in [2.75, 3.05) is 16.8 Å². The van der Waals surface area contributed by atoms with Gasteiger partial charge in [0.25, 0.3) is 0 Å². The smallest absolute Gasteiger partial charge is 0.0568 e. The highest BCUT2D eigenvalue weighted by Crippen LogP contribution is 2.32. The third-order valence-corrected chi connectivity index (χ3v) is 3.10. The molecule has 0 heterocycles. The van der Waals surface area contributed by atoms with Crippen LogP contribution in [0.2, 0.25) is 0 Å². The molecule has 0 aliphatic heterocycles. The Morgan fingerprint density at radius 3 is 2.21 bits per heavy atom. The van der Waals surface area contributed by atoms with E-state index in [4.69, 9.17) is 11.5 Å². The van der Waals surface area contributed by atoms with Crippen molar-refractivity contribution in [2.45, 2.75) is 26.2 Å². The van der Waals surface area contributed by atoms with Crippen LogP contribution >= 0.6 is 0 Å². The lowest BCUT2D eigenvalue weighted by Crippen LogP contribution is -2.13. The summed E-state index contributed by atoms with van der Waals surface area (Å²) in [4.78, 5) is 0. The molecule has 0 saturated heterocycles. The van der Waals surface area contributed by atoms with E-state index in [2.05, 4.69) is 44.3 Å². The molecular formula is C16H21N3. The Hall–Kier alpha value is -2.16. The SMILES string of the molecule is CC(C)(C)c1ccccc1Nc1ccc(N)c(N)c1. The van der Waals surface area contributed by atoms with Crippen LogP contribution < -0.4 is 16.8 Å². The van der Waals surface area contributed by atoms with Gasteiger partial charge in [0.05, 0.1) is 11.4 Å². The minimum absolute atomic E-state index is 0.0863. The van der Waals surface area contributed by atoms with E-state index in [1.165, 1.54) is 5.56 Å². The first-order valence-electron chi connectivity index (χ1n) is 6.39. The number of nitrogen functional groups attached to an aromatic ring is 2. The van der Waals surface area contributed by atoms with E-state index in [-0.39, 0.29) is 5.41 Å². The van der Waals surface area contributed by atoms with Crippen LogP contribution in [0.4, 0.5) is 22.7 Å². The van der Waals surface area contributed by atoms with Gasteiger partial charge >= 0.3 is 0 Å². The molecule has 0 saturated carbocycles. The molecule has 2 aromatic rings. The average Bonchev–Trinajstić information content (AvgIpc) is 2.33. The lowest BCUT2D eigenvalue weighted by atomic mass is 9.86. The van der Waals surface area contributed by atoms with Crippen molar-refractivity contribution in [2.24, 2.45) is 0 Å². The van der Waals surface area contributed by atoms with Gasteiger partial charge in [0.15, 0.2) is 0 Å². The van der Waals surface area contributed by atoms with Crippen molar-refractivity contribution in [1.82, 2.24) is 0 Å². The van der Waals surface area contributed by atoms with Crippen LogP contribution in [-0.4, -0.2) is 0 Å². The molecule has 0 aliphatic carbocycles. The van der Waals surface area contributed by atoms with Gasteiger partial charge in [-0.1, -0.05) is 39.0 Å². The number of anilines is 4. The van der Waals surface area contributed by atoms with Gasteiger partial charge in [-0.15, -0.1) is 0 Å². The molecule has 0 aromatic heterocycles. The van der Waals surface area contributed by atoms with E-state index in [0.717, 1.165) is 11.4 Å². The molecule has 0 atom stereocenters. The topological polar surface area (TPSA) is 64.1 Å². The number of benzene rings is 2. The number of para-hydroxylation sites is 1. The summed E-state index contributed by atoms with van der Waals surface area (Å²) in [6, 6.07) is 13.9. The van der Waals surface area contributed by atoms with Crippen molar-refractivity contribution >= 4 is 22.7 Å². The Kier molecular flexibility index (Phi) is 3.38. The van der Waals surface area contributed by atoms with Gasteiger partial charge in [-0.25, -0.2) is 0 Å². The zero-order valence-corrected chi connectivity index (χ0v) is 11.7. The predicted molar refractivity (Wildman–Crippen MR) is 83.7 cm³/mol. The molecule has 3 nitrogen and oxygen atoms in total. The summed E-state index contributed by atoms with van der Waals surface area (Å²) in [5.74, 6) is 0. The second-order valence-electron chi connectivity index (χ2n) is 5.76. The molecule has 0 fully saturated rings. The fraction of sp³-hybridized carbons (Fsp3) is 0.250. The Balaban J connectivity index is 2.36. The number of hydrogen-bond donors (Lipinski definition) is 3. The summed E-state index contributed by atoms with van der Waals surface area (Å²) in [5.41, 5.74) is 16.2. The molecule has 0 radical (unpaired) electrons. The van der Waals surface area contributed by atoms with Gasteiger partial charge < -0.3 is 16.8 Å². The second-order valence-corrected chi connectivity index (χ2v) is 5.76. The molecule has 3 heteroatoms. The van der Waals surface area contributed by atoms with E-state index in [9.17, 15) is 0 Å². The fourth-order valence-electron chi connectivity index (χ4n) is 2.05. The van der Waals surface area contributed by atoms with Crippen LogP contribution in [0.15, 0.2) is 42.5 Å². The standard InChI is InChI=1S/C16H21N3/c1-16(2,3)12-6-4-5-7-15(12)19-11-8-9-13(17)14(18)10-11/h4-10,19H,17-18H2,1-3H3. The Labute approximate surface area is 114 Å². The van der Waals surface area contributed by atoms with Crippen molar-refractivity contribution in [3.8, 4) is 0 Å². The van der Waals surface area contributed by atoms with Crippen LogP contribution in [0, 0.1) is 0 Å². The summed E-state index contributed by atoms with van der Waals surface area (Å²) in [5, 5.41) is 3.41. The number of rotatable bonds is 2. The van der Waals surface area contributed by atoms with Gasteiger partial charge in [0, 0.05) is 11.4 Å². The van der Waals surface area contributed by atoms with E-state index < -0.39 is 0 Å². The van der Waals surface area contributed by atoms with Gasteiger partial charge in [0.1, 0.15) is 0 Å². The first-order chi connectivity index (χ1) is 8.88. The second kappa shape index (κ2) is 4.84. The third kappa shape index (κ3) is 2.99. The van der Waals surface area contributed by atoms with E-state index in [0.29, 0.717) is 11.4 Å². The lowest BCUT2D eigenvalue weighted by molar-refractivity contribution is 0.592. The molecule has 0 spiro atoms. The highest BCUT2D eigenvalue weighted by molar-refractivity contribution is 5.73. The fourth-order valence-corrected chi connectivity index (χ4v) is 2.05. The normalized spacial score (nSPS) is 11.3. The summed E-state index contributed by atoms with van der Waals surface area (Å²) < 4.78 is 0. The third-order valence-electron chi connectivity index (χ3n) is 3.10. The summed E-state index contributed by atoms with van der Waals surface area (Å²) in [6.45, 7) is 6.60. The zero-order chi connectivity index (χ0) is 14.0. The van der Waals surface area contributed by atoms with Crippen LogP contribution in [0.1, 0.15) is 26.3 Å². The Morgan fingerprint density at radius 1 is 0.895 bits per heavy atom. The summed E-state index contributed by atoms with van der Waals surface area (Å²) in [7, 11) is 0.